The van der Waals surface area contributed by atoms with Gasteiger partial charge in [-0.05, 0) is 30.3 Å². The Balaban J connectivity index is 1.53. The SMILES string of the molecule is O=C(COC(=O)c1ccc(Cn2cccn2)o1)Nc1ccc(F)c([N+](=O)[O-])c1. The minimum atomic E-state index is -1.03. The summed E-state index contributed by atoms with van der Waals surface area (Å²) in [5.41, 5.74) is -0.788. The molecule has 0 atom stereocenters. The number of anilines is 1. The first kappa shape index (κ1) is 18.8. The number of nitro benzene ring substituents is 1. The van der Waals surface area contributed by atoms with Crippen LogP contribution in [0.25, 0.3) is 0 Å². The number of amides is 1. The fourth-order valence-corrected chi connectivity index (χ4v) is 2.26. The van der Waals surface area contributed by atoms with E-state index in [0.717, 1.165) is 18.2 Å². The number of aromatic nitrogens is 2. The van der Waals surface area contributed by atoms with Crippen molar-refractivity contribution in [3.63, 3.8) is 0 Å². The summed E-state index contributed by atoms with van der Waals surface area (Å²) in [6.45, 7) is -0.330. The van der Waals surface area contributed by atoms with E-state index in [1.807, 2.05) is 0 Å². The summed E-state index contributed by atoms with van der Waals surface area (Å²) in [6, 6.07) is 7.59. The highest BCUT2D eigenvalue weighted by Crippen LogP contribution is 2.21. The van der Waals surface area contributed by atoms with Crippen molar-refractivity contribution in [1.29, 1.82) is 0 Å². The quantitative estimate of drug-likeness (QED) is 0.374. The lowest BCUT2D eigenvalue weighted by Gasteiger charge is -2.06. The van der Waals surface area contributed by atoms with Crippen LogP contribution in [0.4, 0.5) is 15.8 Å². The number of halogens is 1. The van der Waals surface area contributed by atoms with Gasteiger partial charge >= 0.3 is 11.7 Å². The molecule has 144 valence electrons. The van der Waals surface area contributed by atoms with E-state index in [0.29, 0.717) is 12.3 Å². The van der Waals surface area contributed by atoms with E-state index in [2.05, 4.69) is 10.4 Å². The van der Waals surface area contributed by atoms with Gasteiger partial charge in [-0.15, -0.1) is 0 Å². The highest BCUT2D eigenvalue weighted by molar-refractivity contribution is 5.94. The van der Waals surface area contributed by atoms with Crippen molar-refractivity contribution in [2.75, 3.05) is 11.9 Å². The summed E-state index contributed by atoms with van der Waals surface area (Å²) in [6.07, 6.45) is 3.33. The van der Waals surface area contributed by atoms with Gasteiger partial charge in [0.25, 0.3) is 5.91 Å². The number of nitrogens with one attached hydrogen (secondary N) is 1. The zero-order chi connectivity index (χ0) is 20.1. The molecule has 0 fully saturated rings. The van der Waals surface area contributed by atoms with Crippen LogP contribution in [0.3, 0.4) is 0 Å². The maximum absolute atomic E-state index is 13.3. The van der Waals surface area contributed by atoms with E-state index in [9.17, 15) is 24.1 Å². The van der Waals surface area contributed by atoms with Crippen molar-refractivity contribution >= 4 is 23.3 Å². The summed E-state index contributed by atoms with van der Waals surface area (Å²) in [5, 5.41) is 17.0. The van der Waals surface area contributed by atoms with Crippen LogP contribution in [-0.2, 0) is 16.1 Å². The highest BCUT2D eigenvalue weighted by Gasteiger charge is 2.17. The summed E-state index contributed by atoms with van der Waals surface area (Å²) < 4.78 is 25.1. The second-order valence-corrected chi connectivity index (χ2v) is 5.52. The first-order valence-corrected chi connectivity index (χ1v) is 7.89. The first-order valence-electron chi connectivity index (χ1n) is 7.89. The Bertz CT molecular complexity index is 1010. The lowest BCUT2D eigenvalue weighted by Crippen LogP contribution is -2.20. The van der Waals surface area contributed by atoms with Gasteiger partial charge in [-0.3, -0.25) is 19.6 Å². The van der Waals surface area contributed by atoms with E-state index in [1.165, 1.54) is 6.07 Å². The summed E-state index contributed by atoms with van der Waals surface area (Å²) >= 11 is 0. The number of nitrogens with zero attached hydrogens (tertiary/aromatic N) is 3. The molecule has 2 aromatic heterocycles. The molecule has 0 saturated heterocycles. The third-order valence-electron chi connectivity index (χ3n) is 3.50. The second-order valence-electron chi connectivity index (χ2n) is 5.52. The Morgan fingerprint density at radius 2 is 2.14 bits per heavy atom. The number of hydrogen-bond acceptors (Lipinski definition) is 7. The number of benzene rings is 1. The largest absolute Gasteiger partial charge is 0.452 e. The number of ether oxygens (including phenoxy) is 1. The fraction of sp³-hybridized carbons (Fsp3) is 0.118. The predicted molar refractivity (Wildman–Crippen MR) is 92.0 cm³/mol. The van der Waals surface area contributed by atoms with Crippen molar-refractivity contribution in [3.8, 4) is 0 Å². The molecule has 0 unspecified atom stereocenters. The first-order chi connectivity index (χ1) is 13.4. The van der Waals surface area contributed by atoms with Crippen molar-refractivity contribution in [2.45, 2.75) is 6.54 Å². The van der Waals surface area contributed by atoms with Gasteiger partial charge in [0.15, 0.2) is 6.61 Å². The zero-order valence-electron chi connectivity index (χ0n) is 14.2. The summed E-state index contributed by atoms with van der Waals surface area (Å²) in [7, 11) is 0. The Morgan fingerprint density at radius 1 is 1.32 bits per heavy atom. The molecule has 0 aliphatic heterocycles. The van der Waals surface area contributed by atoms with Crippen LogP contribution in [0.1, 0.15) is 16.3 Å². The van der Waals surface area contributed by atoms with E-state index < -0.39 is 34.9 Å². The number of furan rings is 1. The van der Waals surface area contributed by atoms with Crippen molar-refractivity contribution in [1.82, 2.24) is 9.78 Å². The smallest absolute Gasteiger partial charge is 0.374 e. The minimum Gasteiger partial charge on any atom is -0.452 e. The minimum absolute atomic E-state index is 0.00587. The molecule has 0 spiro atoms. The van der Waals surface area contributed by atoms with Crippen molar-refractivity contribution < 1.29 is 28.1 Å². The standard InChI is InChI=1S/C17H13FN4O6/c18-13-4-2-11(8-14(13)22(25)26)20-16(23)10-27-17(24)15-5-3-12(28-15)9-21-7-1-6-19-21/h1-8H,9-10H2,(H,20,23). The maximum Gasteiger partial charge on any atom is 0.374 e. The molecule has 0 aliphatic carbocycles. The van der Waals surface area contributed by atoms with Gasteiger partial charge in [-0.2, -0.15) is 9.49 Å². The number of nitro groups is 1. The maximum atomic E-state index is 13.3. The third-order valence-corrected chi connectivity index (χ3v) is 3.50. The van der Waals surface area contributed by atoms with Crippen LogP contribution >= 0.6 is 0 Å². The molecule has 2 heterocycles. The molecule has 0 bridgehead atoms. The average Bonchev–Trinajstić information content (AvgIpc) is 3.33. The van der Waals surface area contributed by atoms with Gasteiger partial charge in [0.2, 0.25) is 11.6 Å². The fourth-order valence-electron chi connectivity index (χ4n) is 2.26. The van der Waals surface area contributed by atoms with Gasteiger partial charge in [0.1, 0.15) is 5.76 Å². The summed E-state index contributed by atoms with van der Waals surface area (Å²) in [5.74, 6) is -2.26. The van der Waals surface area contributed by atoms with E-state index in [-0.39, 0.29) is 11.4 Å². The van der Waals surface area contributed by atoms with Crippen LogP contribution in [0.2, 0.25) is 0 Å². The Morgan fingerprint density at radius 3 is 2.86 bits per heavy atom. The van der Waals surface area contributed by atoms with Gasteiger partial charge in [0, 0.05) is 24.1 Å². The van der Waals surface area contributed by atoms with Crippen LogP contribution in [0.5, 0.6) is 0 Å². The van der Waals surface area contributed by atoms with Crippen LogP contribution in [0.15, 0.2) is 53.2 Å². The third kappa shape index (κ3) is 4.58. The number of carbonyl (C=O) groups is 2. The van der Waals surface area contributed by atoms with Crippen LogP contribution in [-0.4, -0.2) is 33.2 Å². The summed E-state index contributed by atoms with van der Waals surface area (Å²) in [4.78, 5) is 33.6. The molecule has 1 N–H and O–H groups in total. The molecule has 10 nitrogen and oxygen atoms in total. The number of esters is 1. The Kier molecular flexibility index (Phi) is 5.44. The Labute approximate surface area is 156 Å². The molecule has 28 heavy (non-hydrogen) atoms. The zero-order valence-corrected chi connectivity index (χ0v) is 14.2. The van der Waals surface area contributed by atoms with Gasteiger partial charge in [-0.25, -0.2) is 4.79 Å². The van der Waals surface area contributed by atoms with Crippen LogP contribution in [0, 0.1) is 15.9 Å². The van der Waals surface area contributed by atoms with Gasteiger partial charge < -0.3 is 14.5 Å². The monoisotopic (exact) mass is 388 g/mol. The number of rotatable bonds is 7. The van der Waals surface area contributed by atoms with E-state index in [1.54, 1.807) is 29.2 Å². The number of hydrogen-bond donors (Lipinski definition) is 1. The van der Waals surface area contributed by atoms with Crippen molar-refractivity contribution in [3.05, 3.63) is 76.2 Å². The molecule has 1 aromatic carbocycles. The molecular weight excluding hydrogens is 375 g/mol. The van der Waals surface area contributed by atoms with E-state index in [4.69, 9.17) is 9.15 Å². The average molecular weight is 388 g/mol. The molecule has 1 amide bonds. The molecule has 0 aliphatic rings. The van der Waals surface area contributed by atoms with E-state index >= 15 is 0 Å². The molecule has 3 aromatic rings. The molecule has 3 rings (SSSR count). The lowest BCUT2D eigenvalue weighted by molar-refractivity contribution is -0.387. The second kappa shape index (κ2) is 8.12. The highest BCUT2D eigenvalue weighted by atomic mass is 19.1. The van der Waals surface area contributed by atoms with Crippen LogP contribution < -0.4 is 5.32 Å². The predicted octanol–water partition coefficient (Wildman–Crippen LogP) is 2.37. The normalized spacial score (nSPS) is 10.5. The van der Waals surface area contributed by atoms with Gasteiger partial charge in [0.05, 0.1) is 11.5 Å². The molecule has 0 radical (unpaired) electrons. The van der Waals surface area contributed by atoms with Gasteiger partial charge in [-0.1, -0.05) is 0 Å². The lowest BCUT2D eigenvalue weighted by atomic mass is 10.2. The van der Waals surface area contributed by atoms with Crippen molar-refractivity contribution in [2.24, 2.45) is 0 Å². The topological polar surface area (TPSA) is 130 Å². The Hall–Kier alpha value is -4.02. The molecule has 11 heteroatoms. The molecule has 0 saturated carbocycles. The number of carbonyl (C=O) groups excluding carboxylic acids is 2. The molecular formula is C17H13FN4O6.